The van der Waals surface area contributed by atoms with Crippen molar-refractivity contribution in [2.75, 3.05) is 14.2 Å². The largest absolute Gasteiger partial charge is 0.805 e. The van der Waals surface area contributed by atoms with Crippen molar-refractivity contribution < 1.29 is 31.9 Å². The third kappa shape index (κ3) is 7.45. The standard InChI is InChI=1S/C28H46O7PSi2/c1-19-15-21(17-23(30-9)25(19)34-37(11,12)27(3,4)5)32-36(29)33-22-16-20(2)26(24(18-22)31-10)35-38(13,14)28(6,7)8/h15-18H,1-14H3/q+1. The van der Waals surface area contributed by atoms with Gasteiger partial charge in [0.1, 0.15) is 11.5 Å². The van der Waals surface area contributed by atoms with Gasteiger partial charge in [-0.1, -0.05) is 41.5 Å². The normalized spacial score (nSPS) is 12.6. The Labute approximate surface area is 232 Å². The number of hydrogen-bond acceptors (Lipinski definition) is 7. The number of hydrogen-bond donors (Lipinski definition) is 0. The van der Waals surface area contributed by atoms with Crippen LogP contribution in [-0.4, -0.2) is 30.9 Å². The van der Waals surface area contributed by atoms with E-state index in [0.717, 1.165) is 11.1 Å². The minimum Gasteiger partial charge on any atom is -0.541 e. The van der Waals surface area contributed by atoms with E-state index in [-0.39, 0.29) is 10.1 Å². The molecule has 0 N–H and O–H groups in total. The summed E-state index contributed by atoms with van der Waals surface area (Å²) < 4.78 is 48.4. The average molecular weight is 582 g/mol. The molecule has 0 spiro atoms. The molecule has 0 saturated heterocycles. The van der Waals surface area contributed by atoms with Crippen LogP contribution in [-0.2, 0) is 4.57 Å². The molecule has 0 fully saturated rings. The van der Waals surface area contributed by atoms with Crippen LogP contribution in [0.3, 0.4) is 0 Å². The van der Waals surface area contributed by atoms with Crippen LogP contribution in [0.2, 0.25) is 36.3 Å². The minimum absolute atomic E-state index is 0.0290. The average Bonchev–Trinajstić information content (AvgIpc) is 2.75. The Morgan fingerprint density at radius 3 is 1.21 bits per heavy atom. The van der Waals surface area contributed by atoms with E-state index in [4.69, 9.17) is 27.4 Å². The molecule has 7 nitrogen and oxygen atoms in total. The summed E-state index contributed by atoms with van der Waals surface area (Å²) >= 11 is 0. The maximum absolute atomic E-state index is 12.9. The van der Waals surface area contributed by atoms with Gasteiger partial charge in [0.25, 0.3) is 16.6 Å². The first kappa shape index (κ1) is 32.0. The molecule has 0 aliphatic heterocycles. The van der Waals surface area contributed by atoms with Gasteiger partial charge in [0, 0.05) is 16.7 Å². The molecule has 0 aliphatic rings. The van der Waals surface area contributed by atoms with E-state index in [2.05, 4.69) is 67.7 Å². The Hall–Kier alpha value is -2.23. The molecule has 38 heavy (non-hydrogen) atoms. The van der Waals surface area contributed by atoms with Crippen LogP contribution >= 0.6 is 8.25 Å². The first-order chi connectivity index (χ1) is 17.2. The van der Waals surface area contributed by atoms with Crippen LogP contribution in [0.15, 0.2) is 24.3 Å². The Bertz CT molecular complexity index is 1080. The maximum Gasteiger partial charge on any atom is 0.805 e. The molecule has 0 radical (unpaired) electrons. The number of rotatable bonds is 10. The molecule has 10 heteroatoms. The van der Waals surface area contributed by atoms with Crippen molar-refractivity contribution in [3.8, 4) is 34.5 Å². The molecule has 2 aromatic rings. The molecule has 0 bridgehead atoms. The molecule has 0 aromatic heterocycles. The zero-order valence-corrected chi connectivity index (χ0v) is 28.5. The van der Waals surface area contributed by atoms with E-state index >= 15 is 0 Å². The molecule has 0 atom stereocenters. The van der Waals surface area contributed by atoms with Gasteiger partial charge in [-0.15, -0.1) is 0 Å². The van der Waals surface area contributed by atoms with Crippen LogP contribution < -0.4 is 27.4 Å². The second kappa shape index (κ2) is 11.5. The molecule has 0 aliphatic carbocycles. The zero-order chi connectivity index (χ0) is 29.3. The lowest BCUT2D eigenvalue weighted by Crippen LogP contribution is -2.44. The highest BCUT2D eigenvalue weighted by molar-refractivity contribution is 7.34. The molecule has 0 saturated carbocycles. The van der Waals surface area contributed by atoms with Crippen molar-refractivity contribution in [3.63, 3.8) is 0 Å². The van der Waals surface area contributed by atoms with Gasteiger partial charge >= 0.3 is 8.25 Å². The lowest BCUT2D eigenvalue weighted by atomic mass is 10.2. The van der Waals surface area contributed by atoms with Crippen molar-refractivity contribution >= 4 is 24.9 Å². The smallest absolute Gasteiger partial charge is 0.541 e. The van der Waals surface area contributed by atoms with E-state index in [1.165, 1.54) is 0 Å². The molecular weight excluding hydrogens is 535 g/mol. The summed E-state index contributed by atoms with van der Waals surface area (Å²) in [5.41, 5.74) is 1.66. The Kier molecular flexibility index (Phi) is 9.67. The molecule has 0 heterocycles. The predicted molar refractivity (Wildman–Crippen MR) is 160 cm³/mol. The lowest BCUT2D eigenvalue weighted by molar-refractivity contribution is 0.375. The zero-order valence-electron chi connectivity index (χ0n) is 25.6. The summed E-state index contributed by atoms with van der Waals surface area (Å²) in [5.74, 6) is 3.14. The second-order valence-corrected chi connectivity index (χ2v) is 22.9. The van der Waals surface area contributed by atoms with Gasteiger partial charge in [-0.25, -0.2) is 9.05 Å². The van der Waals surface area contributed by atoms with E-state index in [1.807, 2.05) is 13.8 Å². The topological polar surface area (TPSA) is 72.5 Å². The van der Waals surface area contributed by atoms with Crippen LogP contribution in [0.4, 0.5) is 0 Å². The third-order valence-corrected chi connectivity index (χ3v) is 16.9. The molecule has 0 amide bonds. The summed E-state index contributed by atoms with van der Waals surface area (Å²) in [7, 11) is -3.56. The number of aryl methyl sites for hydroxylation is 2. The monoisotopic (exact) mass is 581 g/mol. The third-order valence-electron chi connectivity index (χ3n) is 7.55. The summed E-state index contributed by atoms with van der Waals surface area (Å²) in [5, 5.41) is 0.0581. The van der Waals surface area contributed by atoms with Crippen molar-refractivity contribution in [1.29, 1.82) is 0 Å². The Morgan fingerprint density at radius 2 is 0.947 bits per heavy atom. The summed E-state index contributed by atoms with van der Waals surface area (Å²) in [6, 6.07) is 6.91. The molecule has 2 aromatic carbocycles. The highest BCUT2D eigenvalue weighted by atomic mass is 31.1. The van der Waals surface area contributed by atoms with Gasteiger partial charge in [0.15, 0.2) is 23.0 Å². The van der Waals surface area contributed by atoms with Crippen LogP contribution in [0.5, 0.6) is 34.5 Å². The Balaban J connectivity index is 2.27. The van der Waals surface area contributed by atoms with Gasteiger partial charge < -0.3 is 18.3 Å². The first-order valence-electron chi connectivity index (χ1n) is 12.8. The SMILES string of the molecule is COc1cc(O[P+](=O)Oc2cc(C)c(O[Si](C)(C)C(C)(C)C)c(OC)c2)cc(C)c1O[Si](C)(C)C(C)(C)C. The summed E-state index contributed by atoms with van der Waals surface area (Å²) in [6.07, 6.45) is 0. The van der Waals surface area contributed by atoms with E-state index in [1.54, 1.807) is 38.5 Å². The van der Waals surface area contributed by atoms with Gasteiger partial charge in [0.2, 0.25) is 0 Å². The van der Waals surface area contributed by atoms with E-state index in [9.17, 15) is 4.57 Å². The van der Waals surface area contributed by atoms with Crippen LogP contribution in [0, 0.1) is 13.8 Å². The number of ether oxygens (including phenoxy) is 2. The molecule has 2 rings (SSSR count). The van der Waals surface area contributed by atoms with Crippen molar-refractivity contribution in [2.45, 2.75) is 91.7 Å². The van der Waals surface area contributed by atoms with E-state index < -0.39 is 24.9 Å². The first-order valence-corrected chi connectivity index (χ1v) is 19.7. The van der Waals surface area contributed by atoms with Crippen LogP contribution in [0.1, 0.15) is 52.7 Å². The quantitative estimate of drug-likeness (QED) is 0.204. The van der Waals surface area contributed by atoms with Crippen molar-refractivity contribution in [1.82, 2.24) is 0 Å². The minimum atomic E-state index is -2.53. The highest BCUT2D eigenvalue weighted by Crippen LogP contribution is 2.46. The predicted octanol–water partition coefficient (Wildman–Crippen LogP) is 9.20. The van der Waals surface area contributed by atoms with Gasteiger partial charge in [-0.3, -0.25) is 0 Å². The number of methoxy groups -OCH3 is 2. The summed E-state index contributed by atoms with van der Waals surface area (Å²) in [6.45, 7) is 25.7. The fraction of sp³-hybridized carbons (Fsp3) is 0.571. The van der Waals surface area contributed by atoms with E-state index in [0.29, 0.717) is 34.5 Å². The lowest BCUT2D eigenvalue weighted by Gasteiger charge is -2.37. The van der Waals surface area contributed by atoms with Gasteiger partial charge in [-0.05, 0) is 73.4 Å². The van der Waals surface area contributed by atoms with Gasteiger partial charge in [-0.2, -0.15) is 0 Å². The molecule has 0 unspecified atom stereocenters. The second-order valence-electron chi connectivity index (χ2n) is 12.7. The Morgan fingerprint density at radius 1 is 0.632 bits per heavy atom. The fourth-order valence-electron chi connectivity index (χ4n) is 3.10. The number of benzene rings is 2. The van der Waals surface area contributed by atoms with Crippen LogP contribution in [0.25, 0.3) is 0 Å². The van der Waals surface area contributed by atoms with Crippen molar-refractivity contribution in [2.24, 2.45) is 0 Å². The summed E-state index contributed by atoms with van der Waals surface area (Å²) in [4.78, 5) is 0. The fourth-order valence-corrected chi connectivity index (χ4v) is 5.85. The highest BCUT2D eigenvalue weighted by Gasteiger charge is 2.41. The van der Waals surface area contributed by atoms with Gasteiger partial charge in [0.05, 0.1) is 14.2 Å². The van der Waals surface area contributed by atoms with Crippen molar-refractivity contribution in [3.05, 3.63) is 35.4 Å². The maximum atomic E-state index is 12.9. The molecular formula is C28H46O7PSi2+. The molecule has 212 valence electrons.